The second-order valence-corrected chi connectivity index (χ2v) is 9.68. The first-order valence-electron chi connectivity index (χ1n) is 12.1. The van der Waals surface area contributed by atoms with E-state index in [1.165, 1.54) is 18.1 Å². The van der Waals surface area contributed by atoms with Crippen LogP contribution in [0.1, 0.15) is 29.7 Å². The maximum atomic E-state index is 13.4. The SMILES string of the molecule is Cc1nc(N(C)C(=O)O)ccc1-c1cnc([C@@H]2CCc3cc(-c4cc(Cl)ccc4-n4cnnn4)cc(=O)n32)[nH]1. The highest BCUT2D eigenvalue weighted by atomic mass is 35.5. The number of aromatic amines is 1. The fraction of sp³-hybridized carbons (Fsp3) is 0.192. The predicted molar refractivity (Wildman–Crippen MR) is 143 cm³/mol. The van der Waals surface area contributed by atoms with Gasteiger partial charge in [0.25, 0.3) is 5.56 Å². The van der Waals surface area contributed by atoms with Gasteiger partial charge < -0.3 is 14.7 Å². The zero-order valence-corrected chi connectivity index (χ0v) is 21.7. The molecule has 4 aromatic heterocycles. The average Bonchev–Trinajstić information content (AvgIpc) is 3.69. The Hall–Kier alpha value is -4.84. The van der Waals surface area contributed by atoms with Crippen molar-refractivity contribution < 1.29 is 9.90 Å². The number of anilines is 1. The van der Waals surface area contributed by atoms with Gasteiger partial charge in [0, 0.05) is 40.7 Å². The summed E-state index contributed by atoms with van der Waals surface area (Å²) >= 11 is 6.30. The van der Waals surface area contributed by atoms with Crippen molar-refractivity contribution in [2.45, 2.75) is 25.8 Å². The number of imidazole rings is 1. The number of hydrogen-bond acceptors (Lipinski definition) is 7. The van der Waals surface area contributed by atoms with Crippen molar-refractivity contribution in [3.8, 4) is 28.1 Å². The van der Waals surface area contributed by atoms with Crippen LogP contribution in [0.4, 0.5) is 10.6 Å². The number of hydrogen-bond donors (Lipinski definition) is 2. The first-order valence-corrected chi connectivity index (χ1v) is 12.5. The Morgan fingerprint density at radius 3 is 2.77 bits per heavy atom. The highest BCUT2D eigenvalue weighted by molar-refractivity contribution is 6.31. The van der Waals surface area contributed by atoms with Crippen LogP contribution in [-0.2, 0) is 6.42 Å². The zero-order chi connectivity index (χ0) is 27.3. The molecule has 1 atom stereocenters. The molecule has 1 amide bonds. The molecule has 1 aliphatic heterocycles. The quantitative estimate of drug-likeness (QED) is 0.339. The number of aryl methyl sites for hydroxylation is 2. The number of H-pyrrole nitrogens is 1. The van der Waals surface area contributed by atoms with Crippen LogP contribution in [0.3, 0.4) is 0 Å². The molecule has 13 heteroatoms. The largest absolute Gasteiger partial charge is 0.465 e. The minimum Gasteiger partial charge on any atom is -0.465 e. The Balaban J connectivity index is 1.34. The molecule has 1 aromatic carbocycles. The number of nitrogens with one attached hydrogen (secondary N) is 1. The van der Waals surface area contributed by atoms with Crippen LogP contribution < -0.4 is 10.5 Å². The summed E-state index contributed by atoms with van der Waals surface area (Å²) in [6.45, 7) is 1.81. The minimum atomic E-state index is -1.09. The Kier molecular flexibility index (Phi) is 5.95. The lowest BCUT2D eigenvalue weighted by Crippen LogP contribution is -2.24. The topological polar surface area (TPSA) is 148 Å². The Bertz CT molecular complexity index is 1780. The normalized spacial score (nSPS) is 14.4. The van der Waals surface area contributed by atoms with Crippen LogP contribution in [0.25, 0.3) is 28.1 Å². The van der Waals surface area contributed by atoms with E-state index >= 15 is 0 Å². The molecule has 6 rings (SSSR count). The molecule has 2 N–H and O–H groups in total. The molecule has 5 aromatic rings. The molecule has 12 nitrogen and oxygen atoms in total. The van der Waals surface area contributed by atoms with Crippen LogP contribution in [0.2, 0.25) is 5.02 Å². The molecule has 5 heterocycles. The van der Waals surface area contributed by atoms with E-state index < -0.39 is 6.09 Å². The van der Waals surface area contributed by atoms with Crippen molar-refractivity contribution >= 4 is 23.5 Å². The summed E-state index contributed by atoms with van der Waals surface area (Å²) < 4.78 is 3.30. The van der Waals surface area contributed by atoms with Gasteiger partial charge in [0.2, 0.25) is 0 Å². The molecule has 0 bridgehead atoms. The average molecular weight is 544 g/mol. The number of aromatic nitrogens is 8. The lowest BCUT2D eigenvalue weighted by molar-refractivity contribution is 0.203. The second-order valence-electron chi connectivity index (χ2n) is 9.24. The van der Waals surface area contributed by atoms with Crippen molar-refractivity contribution in [2.75, 3.05) is 11.9 Å². The van der Waals surface area contributed by atoms with Gasteiger partial charge in [-0.25, -0.2) is 14.8 Å². The van der Waals surface area contributed by atoms with Crippen LogP contribution in [0, 0.1) is 6.92 Å². The van der Waals surface area contributed by atoms with Crippen molar-refractivity contribution in [3.05, 3.63) is 87.6 Å². The zero-order valence-electron chi connectivity index (χ0n) is 20.9. The molecule has 196 valence electrons. The first-order chi connectivity index (χ1) is 18.8. The molecule has 0 saturated heterocycles. The Morgan fingerprint density at radius 1 is 1.18 bits per heavy atom. The molecule has 0 fully saturated rings. The summed E-state index contributed by atoms with van der Waals surface area (Å²) in [7, 11) is 1.44. The first kappa shape index (κ1) is 24.5. The van der Waals surface area contributed by atoms with E-state index in [4.69, 9.17) is 11.6 Å². The summed E-state index contributed by atoms with van der Waals surface area (Å²) in [5, 5.41) is 21.2. The summed E-state index contributed by atoms with van der Waals surface area (Å²) in [4.78, 5) is 38.1. The van der Waals surface area contributed by atoms with Gasteiger partial charge in [-0.1, -0.05) is 11.6 Å². The smallest absolute Gasteiger partial charge is 0.412 e. The van der Waals surface area contributed by atoms with Gasteiger partial charge in [0.1, 0.15) is 18.0 Å². The molecule has 0 unspecified atom stereocenters. The number of carboxylic acid groups (broad SMARTS) is 1. The van der Waals surface area contributed by atoms with Gasteiger partial charge in [-0.2, -0.15) is 4.68 Å². The van der Waals surface area contributed by atoms with E-state index in [0.717, 1.165) is 33.0 Å². The van der Waals surface area contributed by atoms with Crippen LogP contribution in [0.15, 0.2) is 59.8 Å². The van der Waals surface area contributed by atoms with Gasteiger partial charge in [-0.3, -0.25) is 9.69 Å². The van der Waals surface area contributed by atoms with Gasteiger partial charge in [-0.05, 0) is 72.2 Å². The maximum Gasteiger partial charge on any atom is 0.412 e. The number of amides is 1. The second kappa shape index (κ2) is 9.48. The van der Waals surface area contributed by atoms with Crippen LogP contribution >= 0.6 is 11.6 Å². The number of rotatable bonds is 5. The number of fused-ring (bicyclic) bond motifs is 1. The van der Waals surface area contributed by atoms with E-state index in [-0.39, 0.29) is 11.6 Å². The Morgan fingerprint density at radius 2 is 2.03 bits per heavy atom. The van der Waals surface area contributed by atoms with Gasteiger partial charge in [0.05, 0.1) is 23.6 Å². The third-order valence-corrected chi connectivity index (χ3v) is 7.14. The Labute approximate surface area is 226 Å². The number of halogens is 1. The molecule has 0 spiro atoms. The van der Waals surface area contributed by atoms with E-state index in [1.807, 2.05) is 25.1 Å². The molecule has 1 aliphatic rings. The van der Waals surface area contributed by atoms with Crippen molar-refractivity contribution in [1.29, 1.82) is 0 Å². The van der Waals surface area contributed by atoms with Crippen molar-refractivity contribution in [3.63, 3.8) is 0 Å². The van der Waals surface area contributed by atoms with Gasteiger partial charge >= 0.3 is 6.09 Å². The number of nitrogens with zero attached hydrogens (tertiary/aromatic N) is 8. The van der Waals surface area contributed by atoms with E-state index in [1.54, 1.807) is 35.0 Å². The monoisotopic (exact) mass is 543 g/mol. The fourth-order valence-corrected chi connectivity index (χ4v) is 5.15. The van der Waals surface area contributed by atoms with Crippen LogP contribution in [0.5, 0.6) is 0 Å². The maximum absolute atomic E-state index is 13.4. The lowest BCUT2D eigenvalue weighted by atomic mass is 10.0. The molecule has 39 heavy (non-hydrogen) atoms. The molecule has 0 aliphatic carbocycles. The van der Waals surface area contributed by atoms with Gasteiger partial charge in [-0.15, -0.1) is 5.10 Å². The molecular formula is C26H22ClN9O3. The number of pyridine rings is 2. The number of benzene rings is 1. The van der Waals surface area contributed by atoms with E-state index in [2.05, 4.69) is 30.5 Å². The van der Waals surface area contributed by atoms with Crippen molar-refractivity contribution in [1.82, 2.24) is 39.7 Å². The van der Waals surface area contributed by atoms with E-state index in [9.17, 15) is 14.7 Å². The van der Waals surface area contributed by atoms with Crippen LogP contribution in [-0.4, -0.2) is 58.0 Å². The summed E-state index contributed by atoms with van der Waals surface area (Å²) in [5.74, 6) is 1.00. The lowest BCUT2D eigenvalue weighted by Gasteiger charge is -2.15. The third-order valence-electron chi connectivity index (χ3n) is 6.90. The summed E-state index contributed by atoms with van der Waals surface area (Å²) in [6, 6.07) is 12.2. The highest BCUT2D eigenvalue weighted by Gasteiger charge is 2.28. The van der Waals surface area contributed by atoms with Crippen molar-refractivity contribution in [2.24, 2.45) is 0 Å². The number of carbonyl (C=O) groups is 1. The molecule has 0 radical (unpaired) electrons. The third kappa shape index (κ3) is 4.34. The minimum absolute atomic E-state index is 0.149. The fourth-order valence-electron chi connectivity index (χ4n) is 4.98. The van der Waals surface area contributed by atoms with Gasteiger partial charge in [0.15, 0.2) is 0 Å². The molecule has 0 saturated carbocycles. The highest BCUT2D eigenvalue weighted by Crippen LogP contribution is 2.34. The standard InChI is InChI=1S/C26H22ClN9O3/c1-14-18(5-8-23(30-14)34(2)26(38)39)20-12-28-25(31-20)22-7-4-17-9-15(10-24(37)36(17)22)19-11-16(27)3-6-21(19)35-13-29-32-33-35/h3,5-6,8-13,22H,4,7H2,1-2H3,(H,28,31)(H,38,39)/t22-/m0/s1. The number of tetrazole rings is 1. The summed E-state index contributed by atoms with van der Waals surface area (Å²) in [5.41, 5.74) is 5.13. The summed E-state index contributed by atoms with van der Waals surface area (Å²) in [6.07, 6.45) is 3.52. The molecular weight excluding hydrogens is 522 g/mol. The van der Waals surface area contributed by atoms with E-state index in [0.29, 0.717) is 40.9 Å². The predicted octanol–water partition coefficient (Wildman–Crippen LogP) is 3.89.